The van der Waals surface area contributed by atoms with Crippen LogP contribution in [0.25, 0.3) is 98.8 Å². The first-order valence-electron chi connectivity index (χ1n) is 16.5. The monoisotopic (exact) mass is 658 g/mol. The van der Waals surface area contributed by atoms with Crippen molar-refractivity contribution in [1.29, 1.82) is 0 Å². The lowest BCUT2D eigenvalue weighted by Crippen LogP contribution is -2.01. The van der Waals surface area contributed by atoms with Crippen LogP contribution < -0.4 is 0 Å². The van der Waals surface area contributed by atoms with Gasteiger partial charge in [-0.05, 0) is 40.6 Å². The summed E-state index contributed by atoms with van der Waals surface area (Å²) in [4.78, 5) is 20.2. The van der Waals surface area contributed by atoms with E-state index in [9.17, 15) is 0 Å². The van der Waals surface area contributed by atoms with E-state index >= 15 is 0 Å². The van der Waals surface area contributed by atoms with Crippen molar-refractivity contribution >= 4 is 54.3 Å². The van der Waals surface area contributed by atoms with E-state index in [-0.39, 0.29) is 0 Å². The van der Waals surface area contributed by atoms with Crippen molar-refractivity contribution in [1.82, 2.24) is 19.9 Å². The summed E-state index contributed by atoms with van der Waals surface area (Å²) in [5, 5.41) is 5.41. The quantitative estimate of drug-likeness (QED) is 0.184. The van der Waals surface area contributed by atoms with E-state index in [4.69, 9.17) is 24.4 Å². The molecule has 0 aliphatic carbocycles. The zero-order valence-electron chi connectivity index (χ0n) is 26.6. The predicted octanol–water partition coefficient (Wildman–Crippen LogP) is 11.9. The summed E-state index contributed by atoms with van der Waals surface area (Å²) in [7, 11) is 0. The lowest BCUT2D eigenvalue weighted by molar-refractivity contribution is 0.669. The molecular weight excluding hydrogens is 633 g/mol. The van der Waals surface area contributed by atoms with Crippen molar-refractivity contribution in [3.05, 3.63) is 158 Å². The number of hydrogen-bond acceptors (Lipinski definition) is 6. The van der Waals surface area contributed by atoms with E-state index in [1.54, 1.807) is 11.3 Å². The summed E-state index contributed by atoms with van der Waals surface area (Å²) in [6.07, 6.45) is 0. The first-order valence-corrected chi connectivity index (χ1v) is 17.3. The van der Waals surface area contributed by atoms with Gasteiger partial charge in [0, 0.05) is 44.7 Å². The van der Waals surface area contributed by atoms with E-state index in [0.717, 1.165) is 81.3 Å². The molecule has 0 bridgehead atoms. The fourth-order valence-electron chi connectivity index (χ4n) is 6.76. The molecule has 7 aromatic carbocycles. The van der Waals surface area contributed by atoms with Gasteiger partial charge in [0.05, 0.1) is 10.2 Å². The number of hydrogen-bond donors (Lipinski definition) is 0. The topological polar surface area (TPSA) is 64.7 Å². The van der Waals surface area contributed by atoms with Gasteiger partial charge in [0.2, 0.25) is 0 Å². The Hall–Kier alpha value is -6.50. The molecule has 10 aromatic rings. The Morgan fingerprint density at radius 2 is 1.06 bits per heavy atom. The molecule has 0 aliphatic rings. The molecular formula is C44H26N4OS. The summed E-state index contributed by atoms with van der Waals surface area (Å²) < 4.78 is 7.61. The minimum atomic E-state index is 0.582. The molecule has 0 unspecified atom stereocenters. The largest absolute Gasteiger partial charge is 0.456 e. The number of benzene rings is 7. The molecule has 0 atom stereocenters. The van der Waals surface area contributed by atoms with Gasteiger partial charge in [-0.3, -0.25) is 0 Å². The van der Waals surface area contributed by atoms with Crippen molar-refractivity contribution in [2.45, 2.75) is 0 Å². The van der Waals surface area contributed by atoms with E-state index in [2.05, 4.69) is 91.0 Å². The molecule has 50 heavy (non-hydrogen) atoms. The zero-order valence-corrected chi connectivity index (χ0v) is 27.4. The van der Waals surface area contributed by atoms with Crippen molar-refractivity contribution in [2.75, 3.05) is 0 Å². The Labute approximate surface area is 291 Å². The van der Waals surface area contributed by atoms with Crippen LogP contribution in [0.4, 0.5) is 0 Å². The minimum absolute atomic E-state index is 0.582. The highest BCUT2D eigenvalue weighted by atomic mass is 32.1. The lowest BCUT2D eigenvalue weighted by Gasteiger charge is -2.14. The van der Waals surface area contributed by atoms with Crippen LogP contribution in [-0.4, -0.2) is 19.9 Å². The molecule has 0 fully saturated rings. The third kappa shape index (κ3) is 4.85. The summed E-state index contributed by atoms with van der Waals surface area (Å²) >= 11 is 1.70. The second kappa shape index (κ2) is 11.6. The van der Waals surface area contributed by atoms with Crippen LogP contribution in [0.5, 0.6) is 0 Å². The van der Waals surface area contributed by atoms with Gasteiger partial charge >= 0.3 is 0 Å². The van der Waals surface area contributed by atoms with E-state index < -0.39 is 0 Å². The van der Waals surface area contributed by atoms with Gasteiger partial charge < -0.3 is 4.42 Å². The summed E-state index contributed by atoms with van der Waals surface area (Å²) in [5.41, 5.74) is 8.55. The molecule has 3 aromatic heterocycles. The average Bonchev–Trinajstić information content (AvgIpc) is 3.77. The van der Waals surface area contributed by atoms with Gasteiger partial charge in [0.25, 0.3) is 0 Å². The molecule has 0 radical (unpaired) electrons. The Balaban J connectivity index is 1.14. The van der Waals surface area contributed by atoms with Crippen LogP contribution in [0.15, 0.2) is 162 Å². The number of fused-ring (bicyclic) bond motifs is 5. The maximum absolute atomic E-state index is 6.49. The molecule has 0 aliphatic heterocycles. The smallest absolute Gasteiger partial charge is 0.164 e. The molecule has 0 N–H and O–H groups in total. The standard InChI is InChI=1S/C44H26N4OS/c1-4-13-28(14-5-1)40-32-19-11-10-12-27(32)20-23-34(40)43-47-41(29-15-6-2-7-16-29)46-42(48-43)31-21-22-33-35-25-39-36(26-38(35)49-37(33)24-31)45-44(50-39)30-17-8-3-9-18-30/h1-26H. The fourth-order valence-corrected chi connectivity index (χ4v) is 7.75. The van der Waals surface area contributed by atoms with Gasteiger partial charge in [0.1, 0.15) is 16.2 Å². The van der Waals surface area contributed by atoms with Gasteiger partial charge in [-0.25, -0.2) is 19.9 Å². The maximum atomic E-state index is 6.49. The fraction of sp³-hybridized carbons (Fsp3) is 0. The predicted molar refractivity (Wildman–Crippen MR) is 205 cm³/mol. The molecule has 0 saturated heterocycles. The lowest BCUT2D eigenvalue weighted by atomic mass is 9.93. The molecule has 234 valence electrons. The van der Waals surface area contributed by atoms with Crippen LogP contribution in [0.2, 0.25) is 0 Å². The first kappa shape index (κ1) is 28.5. The van der Waals surface area contributed by atoms with Crippen LogP contribution in [0.3, 0.4) is 0 Å². The Morgan fingerprint density at radius 3 is 1.84 bits per heavy atom. The number of furan rings is 1. The molecule has 10 rings (SSSR count). The summed E-state index contributed by atoms with van der Waals surface area (Å²) in [5.74, 6) is 1.81. The highest BCUT2D eigenvalue weighted by Gasteiger charge is 2.19. The molecule has 6 heteroatoms. The SMILES string of the molecule is c1ccc(-c2nc(-c3ccc4c(c3)oc3cc5nc(-c6ccccc6)sc5cc34)nc(-c3ccc4ccccc4c3-c3ccccc3)n2)cc1. The highest BCUT2D eigenvalue weighted by Crippen LogP contribution is 2.40. The minimum Gasteiger partial charge on any atom is -0.456 e. The number of aromatic nitrogens is 4. The molecule has 3 heterocycles. The van der Waals surface area contributed by atoms with E-state index in [1.807, 2.05) is 66.7 Å². The van der Waals surface area contributed by atoms with E-state index in [0.29, 0.717) is 17.5 Å². The Bertz CT molecular complexity index is 2860. The number of rotatable bonds is 5. The third-order valence-electron chi connectivity index (χ3n) is 9.16. The van der Waals surface area contributed by atoms with Crippen molar-refractivity contribution in [3.63, 3.8) is 0 Å². The van der Waals surface area contributed by atoms with Crippen molar-refractivity contribution in [2.24, 2.45) is 0 Å². The zero-order chi connectivity index (χ0) is 33.0. The average molecular weight is 659 g/mol. The maximum Gasteiger partial charge on any atom is 0.164 e. The summed E-state index contributed by atoms with van der Waals surface area (Å²) in [6, 6.07) is 54.0. The third-order valence-corrected chi connectivity index (χ3v) is 10.2. The second-order valence-corrected chi connectivity index (χ2v) is 13.3. The normalized spacial score (nSPS) is 11.6. The Morgan fingerprint density at radius 1 is 0.420 bits per heavy atom. The number of nitrogens with zero attached hydrogens (tertiary/aromatic N) is 4. The second-order valence-electron chi connectivity index (χ2n) is 12.3. The van der Waals surface area contributed by atoms with Crippen LogP contribution >= 0.6 is 11.3 Å². The van der Waals surface area contributed by atoms with Gasteiger partial charge in [0.15, 0.2) is 17.5 Å². The Kier molecular flexibility index (Phi) is 6.60. The van der Waals surface area contributed by atoms with Gasteiger partial charge in [-0.1, -0.05) is 127 Å². The highest BCUT2D eigenvalue weighted by molar-refractivity contribution is 7.21. The van der Waals surface area contributed by atoms with E-state index in [1.165, 1.54) is 0 Å². The van der Waals surface area contributed by atoms with Crippen molar-refractivity contribution in [3.8, 4) is 55.9 Å². The molecule has 0 spiro atoms. The first-order chi connectivity index (χ1) is 24.7. The summed E-state index contributed by atoms with van der Waals surface area (Å²) in [6.45, 7) is 0. The molecule has 0 amide bonds. The van der Waals surface area contributed by atoms with Crippen LogP contribution in [0, 0.1) is 0 Å². The van der Waals surface area contributed by atoms with Gasteiger partial charge in [-0.2, -0.15) is 0 Å². The van der Waals surface area contributed by atoms with Crippen molar-refractivity contribution < 1.29 is 4.42 Å². The van der Waals surface area contributed by atoms with Gasteiger partial charge in [-0.15, -0.1) is 11.3 Å². The molecule has 5 nitrogen and oxygen atoms in total. The van der Waals surface area contributed by atoms with Crippen LogP contribution in [0.1, 0.15) is 0 Å². The molecule has 0 saturated carbocycles. The van der Waals surface area contributed by atoms with Crippen LogP contribution in [-0.2, 0) is 0 Å². The number of thiazole rings is 1.